The first-order valence-corrected chi connectivity index (χ1v) is 7.28. The van der Waals surface area contributed by atoms with Crippen LogP contribution < -0.4 is 5.32 Å². The summed E-state index contributed by atoms with van der Waals surface area (Å²) >= 11 is 3.31. The maximum atomic E-state index is 12.1. The number of hydrogen-bond donors (Lipinski definition) is 1. The van der Waals surface area contributed by atoms with Gasteiger partial charge in [0.25, 0.3) is 5.91 Å². The number of aromatic nitrogens is 1. The van der Waals surface area contributed by atoms with Crippen molar-refractivity contribution in [3.05, 3.63) is 58.3 Å². The summed E-state index contributed by atoms with van der Waals surface area (Å²) in [6, 6.07) is 10.9. The Labute approximate surface area is 130 Å². The normalized spacial score (nSPS) is 15.1. The van der Waals surface area contributed by atoms with Crippen LogP contribution in [0.15, 0.2) is 47.1 Å². The number of carbonyl (C=O) groups excluding carboxylic acids is 1. The number of amides is 1. The lowest BCUT2D eigenvalue weighted by Crippen LogP contribution is -2.14. The summed E-state index contributed by atoms with van der Waals surface area (Å²) in [7, 11) is 0. The number of hydrogen-bond acceptors (Lipinski definition) is 4. The predicted octanol–water partition coefficient (Wildman–Crippen LogP) is 3.14. The van der Waals surface area contributed by atoms with E-state index in [0.29, 0.717) is 29.1 Å². The summed E-state index contributed by atoms with van der Waals surface area (Å²) < 4.78 is 11.5. The van der Waals surface area contributed by atoms with E-state index < -0.39 is 0 Å². The lowest BCUT2D eigenvalue weighted by atomic mass is 10.2. The highest BCUT2D eigenvalue weighted by Gasteiger charge is 2.18. The summed E-state index contributed by atoms with van der Waals surface area (Å²) in [4.78, 5) is 16.2. The summed E-state index contributed by atoms with van der Waals surface area (Å²) in [6.07, 6.45) is 1.28. The molecule has 1 saturated heterocycles. The largest absolute Gasteiger partial charge is 0.346 e. The van der Waals surface area contributed by atoms with Crippen molar-refractivity contribution in [1.29, 1.82) is 0 Å². The second-order valence-corrected chi connectivity index (χ2v) is 5.34. The Balaban J connectivity index is 1.70. The molecule has 0 aliphatic carbocycles. The van der Waals surface area contributed by atoms with Crippen LogP contribution >= 0.6 is 15.9 Å². The minimum absolute atomic E-state index is 0.261. The van der Waals surface area contributed by atoms with Crippen molar-refractivity contribution < 1.29 is 14.3 Å². The molecule has 1 aromatic heterocycles. The van der Waals surface area contributed by atoms with Gasteiger partial charge in [-0.3, -0.25) is 4.79 Å². The number of nitrogens with one attached hydrogen (secondary N) is 1. The number of rotatable bonds is 3. The van der Waals surface area contributed by atoms with Gasteiger partial charge in [0, 0.05) is 21.9 Å². The zero-order valence-electron chi connectivity index (χ0n) is 11.1. The molecule has 6 heteroatoms. The lowest BCUT2D eigenvalue weighted by Gasteiger charge is -2.10. The van der Waals surface area contributed by atoms with Crippen LogP contribution in [0, 0.1) is 0 Å². The van der Waals surface area contributed by atoms with E-state index in [2.05, 4.69) is 26.2 Å². The first kappa shape index (κ1) is 14.2. The molecular weight excluding hydrogens is 336 g/mol. The quantitative estimate of drug-likeness (QED) is 0.925. The van der Waals surface area contributed by atoms with Crippen LogP contribution in [0.1, 0.15) is 22.3 Å². The second kappa shape index (κ2) is 6.34. The van der Waals surface area contributed by atoms with Gasteiger partial charge in [0.15, 0.2) is 6.29 Å². The van der Waals surface area contributed by atoms with Gasteiger partial charge in [0.1, 0.15) is 5.69 Å². The second-order valence-electron chi connectivity index (χ2n) is 4.48. The third-order valence-electron chi connectivity index (χ3n) is 3.04. The molecule has 1 fully saturated rings. The van der Waals surface area contributed by atoms with Crippen molar-refractivity contribution in [3.63, 3.8) is 0 Å². The fraction of sp³-hybridized carbons (Fsp3) is 0.200. The van der Waals surface area contributed by atoms with E-state index in [1.54, 1.807) is 18.3 Å². The Morgan fingerprint density at radius 1 is 1.19 bits per heavy atom. The van der Waals surface area contributed by atoms with Gasteiger partial charge in [0.05, 0.1) is 13.2 Å². The third-order valence-corrected chi connectivity index (χ3v) is 3.68. The fourth-order valence-corrected chi connectivity index (χ4v) is 2.45. The van der Waals surface area contributed by atoms with E-state index in [-0.39, 0.29) is 12.2 Å². The molecule has 3 rings (SSSR count). The number of nitrogens with zero attached hydrogens (tertiary/aromatic N) is 1. The number of halogens is 1. The molecule has 0 atom stereocenters. The van der Waals surface area contributed by atoms with Crippen molar-refractivity contribution in [2.75, 3.05) is 18.5 Å². The van der Waals surface area contributed by atoms with E-state index >= 15 is 0 Å². The molecule has 5 nitrogen and oxygen atoms in total. The monoisotopic (exact) mass is 348 g/mol. The SMILES string of the molecule is O=C(Nc1ccc(C2OCCO2)cc1)c1ncccc1Br. The van der Waals surface area contributed by atoms with Crippen molar-refractivity contribution in [2.24, 2.45) is 0 Å². The van der Waals surface area contributed by atoms with Crippen molar-refractivity contribution in [2.45, 2.75) is 6.29 Å². The molecular formula is C15H13BrN2O3. The maximum Gasteiger partial charge on any atom is 0.275 e. The Morgan fingerprint density at radius 2 is 1.90 bits per heavy atom. The van der Waals surface area contributed by atoms with Crippen LogP contribution in [0.2, 0.25) is 0 Å². The zero-order valence-corrected chi connectivity index (χ0v) is 12.7. The van der Waals surface area contributed by atoms with Crippen LogP contribution in [0.4, 0.5) is 5.69 Å². The molecule has 1 amide bonds. The number of carbonyl (C=O) groups is 1. The van der Waals surface area contributed by atoms with Crippen molar-refractivity contribution in [1.82, 2.24) is 4.98 Å². The van der Waals surface area contributed by atoms with E-state index in [1.807, 2.05) is 24.3 Å². The Hall–Kier alpha value is -1.76. The van der Waals surface area contributed by atoms with Crippen molar-refractivity contribution >= 4 is 27.5 Å². The Morgan fingerprint density at radius 3 is 2.57 bits per heavy atom. The molecule has 21 heavy (non-hydrogen) atoms. The highest BCUT2D eigenvalue weighted by molar-refractivity contribution is 9.10. The standard InChI is InChI=1S/C15H13BrN2O3/c16-12-2-1-7-17-13(12)14(19)18-11-5-3-10(4-6-11)15-20-8-9-21-15/h1-7,15H,8-9H2,(H,18,19). The predicted molar refractivity (Wildman–Crippen MR) is 81.0 cm³/mol. The molecule has 0 radical (unpaired) electrons. The van der Waals surface area contributed by atoms with Gasteiger partial charge in [-0.2, -0.15) is 0 Å². The van der Waals surface area contributed by atoms with Gasteiger partial charge in [-0.1, -0.05) is 12.1 Å². The number of benzene rings is 1. The molecule has 108 valence electrons. The minimum Gasteiger partial charge on any atom is -0.346 e. The molecule has 1 aliphatic heterocycles. The Kier molecular flexibility index (Phi) is 4.28. The summed E-state index contributed by atoms with van der Waals surface area (Å²) in [5.41, 5.74) is 1.98. The molecule has 1 aliphatic rings. The van der Waals surface area contributed by atoms with Gasteiger partial charge in [0.2, 0.25) is 0 Å². The summed E-state index contributed by atoms with van der Waals surface area (Å²) in [6.45, 7) is 1.22. The van der Waals surface area contributed by atoms with E-state index in [4.69, 9.17) is 9.47 Å². The molecule has 0 unspecified atom stereocenters. The first-order chi connectivity index (χ1) is 10.2. The van der Waals surface area contributed by atoms with Gasteiger partial charge in [-0.25, -0.2) is 4.98 Å². The van der Waals surface area contributed by atoms with Crippen LogP contribution in [-0.4, -0.2) is 24.1 Å². The molecule has 1 N–H and O–H groups in total. The fourth-order valence-electron chi connectivity index (χ4n) is 2.02. The van der Waals surface area contributed by atoms with Crippen LogP contribution in [0.3, 0.4) is 0 Å². The molecule has 2 heterocycles. The average molecular weight is 349 g/mol. The highest BCUT2D eigenvalue weighted by atomic mass is 79.9. The summed E-state index contributed by atoms with van der Waals surface area (Å²) in [5.74, 6) is -0.261. The van der Waals surface area contributed by atoms with E-state index in [0.717, 1.165) is 5.56 Å². The molecule has 1 aromatic carbocycles. The summed E-state index contributed by atoms with van der Waals surface area (Å²) in [5, 5.41) is 2.80. The molecule has 2 aromatic rings. The number of pyridine rings is 1. The topological polar surface area (TPSA) is 60.5 Å². The first-order valence-electron chi connectivity index (χ1n) is 6.49. The van der Waals surface area contributed by atoms with Crippen LogP contribution in [0.25, 0.3) is 0 Å². The van der Waals surface area contributed by atoms with Gasteiger partial charge in [-0.05, 0) is 40.2 Å². The van der Waals surface area contributed by atoms with Gasteiger partial charge < -0.3 is 14.8 Å². The van der Waals surface area contributed by atoms with Crippen molar-refractivity contribution in [3.8, 4) is 0 Å². The smallest absolute Gasteiger partial charge is 0.275 e. The maximum absolute atomic E-state index is 12.1. The van der Waals surface area contributed by atoms with Gasteiger partial charge in [-0.15, -0.1) is 0 Å². The zero-order chi connectivity index (χ0) is 14.7. The van der Waals surface area contributed by atoms with E-state index in [1.165, 1.54) is 0 Å². The van der Waals surface area contributed by atoms with E-state index in [9.17, 15) is 4.79 Å². The lowest BCUT2D eigenvalue weighted by molar-refractivity contribution is -0.0441. The van der Waals surface area contributed by atoms with Gasteiger partial charge >= 0.3 is 0 Å². The Bertz CT molecular complexity index is 640. The van der Waals surface area contributed by atoms with Crippen LogP contribution in [0.5, 0.6) is 0 Å². The molecule has 0 spiro atoms. The molecule has 0 saturated carbocycles. The molecule has 0 bridgehead atoms. The average Bonchev–Trinajstić information content (AvgIpc) is 3.02. The van der Waals surface area contributed by atoms with Crippen LogP contribution in [-0.2, 0) is 9.47 Å². The minimum atomic E-state index is -0.306. The highest BCUT2D eigenvalue weighted by Crippen LogP contribution is 2.24. The number of ether oxygens (including phenoxy) is 2. The number of anilines is 1. The third kappa shape index (κ3) is 3.29.